The zero-order valence-electron chi connectivity index (χ0n) is 15.2. The van der Waals surface area contributed by atoms with Crippen molar-refractivity contribution in [2.45, 2.75) is 19.3 Å². The lowest BCUT2D eigenvalue weighted by molar-refractivity contribution is -0.121. The molecule has 0 saturated heterocycles. The van der Waals surface area contributed by atoms with Crippen LogP contribution >= 0.6 is 11.8 Å². The maximum absolute atomic E-state index is 13.2. The molecule has 1 unspecified atom stereocenters. The minimum Gasteiger partial charge on any atom is -0.325 e. The summed E-state index contributed by atoms with van der Waals surface area (Å²) < 4.78 is 13.2. The SMILES string of the molecule is Cc1ccccc1C1CC(=O)NC(SCC(=O)Nc2cccc(F)c2)=C1C#N. The van der Waals surface area contributed by atoms with Crippen LogP contribution in [0, 0.1) is 24.1 Å². The summed E-state index contributed by atoms with van der Waals surface area (Å²) in [6.45, 7) is 1.94. The molecule has 2 aromatic carbocycles. The van der Waals surface area contributed by atoms with Crippen LogP contribution in [0.2, 0.25) is 0 Å². The Morgan fingerprint density at radius 2 is 2.11 bits per heavy atom. The molecule has 0 aliphatic carbocycles. The molecule has 3 rings (SSSR count). The molecule has 0 radical (unpaired) electrons. The van der Waals surface area contributed by atoms with Crippen molar-refractivity contribution in [3.8, 4) is 6.07 Å². The van der Waals surface area contributed by atoms with E-state index in [9.17, 15) is 19.2 Å². The standard InChI is InChI=1S/C21H18FN3O2S/c1-13-5-2-3-8-16(13)17-10-19(26)25-21(18(17)11-23)28-12-20(27)24-15-7-4-6-14(22)9-15/h2-9,17H,10,12H2,1H3,(H,24,27)(H,25,26). The van der Waals surface area contributed by atoms with Crippen molar-refractivity contribution in [3.63, 3.8) is 0 Å². The van der Waals surface area contributed by atoms with Gasteiger partial charge in [-0.3, -0.25) is 9.59 Å². The van der Waals surface area contributed by atoms with Crippen LogP contribution in [0.25, 0.3) is 0 Å². The number of carbonyl (C=O) groups excluding carboxylic acids is 2. The number of aryl methyl sites for hydroxylation is 1. The molecular formula is C21H18FN3O2S. The summed E-state index contributed by atoms with van der Waals surface area (Å²) in [4.78, 5) is 24.4. The number of halogens is 1. The Bertz CT molecular complexity index is 997. The zero-order chi connectivity index (χ0) is 20.1. The Morgan fingerprint density at radius 3 is 2.82 bits per heavy atom. The van der Waals surface area contributed by atoms with Crippen LogP contribution in [-0.4, -0.2) is 17.6 Å². The largest absolute Gasteiger partial charge is 0.325 e. The third-order valence-corrected chi connectivity index (χ3v) is 5.39. The van der Waals surface area contributed by atoms with Crippen LogP contribution in [0.5, 0.6) is 0 Å². The van der Waals surface area contributed by atoms with Gasteiger partial charge in [0, 0.05) is 18.0 Å². The van der Waals surface area contributed by atoms with Gasteiger partial charge in [0.1, 0.15) is 5.82 Å². The highest BCUT2D eigenvalue weighted by Gasteiger charge is 2.30. The van der Waals surface area contributed by atoms with Crippen LogP contribution < -0.4 is 10.6 Å². The summed E-state index contributed by atoms with van der Waals surface area (Å²) in [7, 11) is 0. The second-order valence-electron chi connectivity index (χ2n) is 6.36. The normalized spacial score (nSPS) is 16.3. The summed E-state index contributed by atoms with van der Waals surface area (Å²) in [5.41, 5.74) is 2.72. The Labute approximate surface area is 166 Å². The van der Waals surface area contributed by atoms with E-state index in [0.717, 1.165) is 22.9 Å². The number of nitriles is 1. The van der Waals surface area contributed by atoms with Gasteiger partial charge in [0.2, 0.25) is 11.8 Å². The molecule has 1 aliphatic rings. The van der Waals surface area contributed by atoms with E-state index < -0.39 is 5.82 Å². The number of allylic oxidation sites excluding steroid dienone is 1. The van der Waals surface area contributed by atoms with Gasteiger partial charge in [-0.2, -0.15) is 5.26 Å². The first-order valence-corrected chi connectivity index (χ1v) is 9.64. The molecule has 0 spiro atoms. The Hall–Kier alpha value is -3.11. The first-order chi connectivity index (χ1) is 13.5. The molecule has 0 fully saturated rings. The molecular weight excluding hydrogens is 377 g/mol. The van der Waals surface area contributed by atoms with E-state index in [0.29, 0.717) is 16.3 Å². The molecule has 1 aliphatic heterocycles. The van der Waals surface area contributed by atoms with Crippen LogP contribution in [0.4, 0.5) is 10.1 Å². The fourth-order valence-corrected chi connectivity index (χ4v) is 3.95. The third kappa shape index (κ3) is 4.59. The highest BCUT2D eigenvalue weighted by molar-refractivity contribution is 8.03. The number of nitrogens with one attached hydrogen (secondary N) is 2. The zero-order valence-corrected chi connectivity index (χ0v) is 16.0. The maximum Gasteiger partial charge on any atom is 0.234 e. The van der Waals surface area contributed by atoms with Crippen molar-refractivity contribution in [2.24, 2.45) is 0 Å². The lowest BCUT2D eigenvalue weighted by atomic mass is 9.85. The molecule has 142 valence electrons. The molecule has 0 aromatic heterocycles. The molecule has 1 atom stereocenters. The fraction of sp³-hybridized carbons (Fsp3) is 0.190. The highest BCUT2D eigenvalue weighted by Crippen LogP contribution is 2.37. The van der Waals surface area contributed by atoms with E-state index in [1.54, 1.807) is 6.07 Å². The fourth-order valence-electron chi connectivity index (χ4n) is 3.08. The van der Waals surface area contributed by atoms with Gasteiger partial charge in [-0.15, -0.1) is 0 Å². The summed E-state index contributed by atoms with van der Waals surface area (Å²) in [5.74, 6) is -1.35. The van der Waals surface area contributed by atoms with E-state index in [2.05, 4.69) is 16.7 Å². The number of anilines is 1. The molecule has 5 nitrogen and oxygen atoms in total. The van der Waals surface area contributed by atoms with Crippen LogP contribution in [0.3, 0.4) is 0 Å². The number of hydrogen-bond donors (Lipinski definition) is 2. The van der Waals surface area contributed by atoms with Gasteiger partial charge in [0.25, 0.3) is 0 Å². The smallest absolute Gasteiger partial charge is 0.234 e. The molecule has 2 N–H and O–H groups in total. The van der Waals surface area contributed by atoms with E-state index >= 15 is 0 Å². The average molecular weight is 395 g/mol. The predicted octanol–water partition coefficient (Wildman–Crippen LogP) is 3.84. The number of carbonyl (C=O) groups is 2. The lowest BCUT2D eigenvalue weighted by Gasteiger charge is -2.26. The minimum atomic E-state index is -0.444. The third-order valence-electron chi connectivity index (χ3n) is 4.38. The minimum absolute atomic E-state index is 0.0161. The number of amides is 2. The van der Waals surface area contributed by atoms with Gasteiger partial charge in [-0.25, -0.2) is 4.39 Å². The van der Waals surface area contributed by atoms with Gasteiger partial charge < -0.3 is 10.6 Å². The van der Waals surface area contributed by atoms with Crippen molar-refractivity contribution < 1.29 is 14.0 Å². The number of rotatable bonds is 5. The second-order valence-corrected chi connectivity index (χ2v) is 7.35. The van der Waals surface area contributed by atoms with E-state index in [1.807, 2.05) is 31.2 Å². The van der Waals surface area contributed by atoms with Crippen molar-refractivity contribution >= 4 is 29.3 Å². The highest BCUT2D eigenvalue weighted by atomic mass is 32.2. The molecule has 0 saturated carbocycles. The molecule has 2 amide bonds. The maximum atomic E-state index is 13.2. The monoisotopic (exact) mass is 395 g/mol. The number of thioether (sulfide) groups is 1. The summed E-state index contributed by atoms with van der Waals surface area (Å²) in [6, 6.07) is 15.4. The van der Waals surface area contributed by atoms with E-state index in [1.165, 1.54) is 18.2 Å². The number of nitrogens with zero attached hydrogens (tertiary/aromatic N) is 1. The first-order valence-electron chi connectivity index (χ1n) is 8.66. The van der Waals surface area contributed by atoms with E-state index in [-0.39, 0.29) is 29.9 Å². The van der Waals surface area contributed by atoms with Crippen LogP contribution in [0.15, 0.2) is 59.1 Å². The van der Waals surface area contributed by atoms with Gasteiger partial charge in [0.05, 0.1) is 22.4 Å². The van der Waals surface area contributed by atoms with Gasteiger partial charge in [-0.1, -0.05) is 42.1 Å². The summed E-state index contributed by atoms with van der Waals surface area (Å²) in [5, 5.41) is 15.4. The lowest BCUT2D eigenvalue weighted by Crippen LogP contribution is -2.31. The topological polar surface area (TPSA) is 82.0 Å². The van der Waals surface area contributed by atoms with Crippen LogP contribution in [0.1, 0.15) is 23.5 Å². The number of benzene rings is 2. The summed E-state index contributed by atoms with van der Waals surface area (Å²) in [6.07, 6.45) is 0.188. The Morgan fingerprint density at radius 1 is 1.32 bits per heavy atom. The molecule has 7 heteroatoms. The molecule has 0 bridgehead atoms. The second kappa shape index (κ2) is 8.72. The average Bonchev–Trinajstić information content (AvgIpc) is 2.66. The van der Waals surface area contributed by atoms with Crippen LogP contribution in [-0.2, 0) is 9.59 Å². The van der Waals surface area contributed by atoms with Crippen molar-refractivity contribution in [2.75, 3.05) is 11.1 Å². The van der Waals surface area contributed by atoms with Gasteiger partial charge in [0.15, 0.2) is 0 Å². The molecule has 28 heavy (non-hydrogen) atoms. The van der Waals surface area contributed by atoms with Crippen molar-refractivity contribution in [1.82, 2.24) is 5.32 Å². The van der Waals surface area contributed by atoms with Gasteiger partial charge >= 0.3 is 0 Å². The summed E-state index contributed by atoms with van der Waals surface area (Å²) >= 11 is 1.09. The number of hydrogen-bond acceptors (Lipinski definition) is 4. The van der Waals surface area contributed by atoms with Crippen molar-refractivity contribution in [3.05, 3.63) is 76.1 Å². The van der Waals surface area contributed by atoms with Gasteiger partial charge in [-0.05, 0) is 36.2 Å². The van der Waals surface area contributed by atoms with E-state index in [4.69, 9.17) is 0 Å². The molecule has 2 aromatic rings. The quantitative estimate of drug-likeness (QED) is 0.806. The Kier molecular flexibility index (Phi) is 6.12. The predicted molar refractivity (Wildman–Crippen MR) is 107 cm³/mol. The molecule has 1 heterocycles. The Balaban J connectivity index is 1.77. The first kappa shape index (κ1) is 19.6. The van der Waals surface area contributed by atoms with Crippen molar-refractivity contribution in [1.29, 1.82) is 5.26 Å².